The highest BCUT2D eigenvalue weighted by Gasteiger charge is 2.26. The van der Waals surface area contributed by atoms with Crippen molar-refractivity contribution in [2.24, 2.45) is 0 Å². The third-order valence-corrected chi connectivity index (χ3v) is 3.47. The zero-order valence-corrected chi connectivity index (χ0v) is 10.8. The molecule has 0 bridgehead atoms. The molecule has 3 rings (SSSR count). The highest BCUT2D eigenvalue weighted by atomic mass is 19.1. The maximum absolute atomic E-state index is 14.2. The monoisotopic (exact) mass is 275 g/mol. The van der Waals surface area contributed by atoms with Crippen LogP contribution in [-0.2, 0) is 0 Å². The number of rotatable bonds is 3. The first-order valence-electron chi connectivity index (χ1n) is 6.46. The number of aliphatic hydroxyl groups is 1. The van der Waals surface area contributed by atoms with Crippen LogP contribution in [0.1, 0.15) is 17.0 Å². The lowest BCUT2D eigenvalue weighted by molar-refractivity contribution is 0.110. The van der Waals surface area contributed by atoms with Crippen molar-refractivity contribution >= 4 is 12.0 Å². The molecule has 4 nitrogen and oxygen atoms in total. The average molecular weight is 275 g/mol. The smallest absolute Gasteiger partial charge is 0.185 e. The number of carbonyl (C=O) groups is 1. The zero-order chi connectivity index (χ0) is 14.1. The molecule has 0 amide bonds. The summed E-state index contributed by atoms with van der Waals surface area (Å²) < 4.78 is 19.5. The predicted molar refractivity (Wildman–Crippen MR) is 72.3 cm³/mol. The molecule has 1 aliphatic heterocycles. The van der Waals surface area contributed by atoms with E-state index in [2.05, 4.69) is 0 Å². The molecule has 1 aromatic carbocycles. The summed E-state index contributed by atoms with van der Waals surface area (Å²) in [5.41, 5.74) is 1.00. The second kappa shape index (κ2) is 5.09. The topological polar surface area (TPSA) is 53.7 Å². The van der Waals surface area contributed by atoms with Gasteiger partial charge in [0.1, 0.15) is 11.6 Å². The van der Waals surface area contributed by atoms with Crippen LogP contribution in [0, 0.1) is 5.82 Å². The number of anilines is 1. The summed E-state index contributed by atoms with van der Waals surface area (Å²) >= 11 is 0. The Morgan fingerprint density at radius 3 is 2.85 bits per heavy atom. The van der Waals surface area contributed by atoms with Crippen molar-refractivity contribution in [2.45, 2.75) is 12.5 Å². The molecule has 1 saturated heterocycles. The number of β-amino-alcohol motifs (C(OH)–C–C–N with tert-alkyl or cyclic N) is 1. The van der Waals surface area contributed by atoms with Gasteiger partial charge in [-0.2, -0.15) is 0 Å². The lowest BCUT2D eigenvalue weighted by Crippen LogP contribution is -2.22. The van der Waals surface area contributed by atoms with E-state index in [1.165, 1.54) is 6.07 Å². The van der Waals surface area contributed by atoms with Crippen LogP contribution in [0.15, 0.2) is 34.7 Å². The van der Waals surface area contributed by atoms with Crippen molar-refractivity contribution in [3.05, 3.63) is 41.9 Å². The Kier molecular flexibility index (Phi) is 3.28. The maximum atomic E-state index is 14.2. The zero-order valence-electron chi connectivity index (χ0n) is 10.8. The standard InChI is InChI=1S/C15H14FNO3/c16-13-3-1-2-12(14-5-4-11(9-18)20-14)15(13)17-7-6-10(19)8-17/h1-5,9-10,19H,6-8H2. The summed E-state index contributed by atoms with van der Waals surface area (Å²) in [5.74, 6) is 0.292. The number of benzene rings is 1. The van der Waals surface area contributed by atoms with Crippen LogP contribution in [-0.4, -0.2) is 30.6 Å². The molecular formula is C15H14FNO3. The van der Waals surface area contributed by atoms with Crippen molar-refractivity contribution < 1.29 is 18.7 Å². The molecule has 0 saturated carbocycles. The van der Waals surface area contributed by atoms with E-state index in [9.17, 15) is 14.3 Å². The first kappa shape index (κ1) is 12.9. The number of para-hydroxylation sites is 1. The highest BCUT2D eigenvalue weighted by molar-refractivity contribution is 5.79. The van der Waals surface area contributed by atoms with E-state index in [0.29, 0.717) is 42.8 Å². The molecule has 1 atom stereocenters. The quantitative estimate of drug-likeness (QED) is 0.874. The maximum Gasteiger partial charge on any atom is 0.185 e. The number of carbonyl (C=O) groups excluding carboxylic acids is 1. The molecule has 2 heterocycles. The molecule has 0 aliphatic carbocycles. The van der Waals surface area contributed by atoms with Crippen LogP contribution in [0.25, 0.3) is 11.3 Å². The van der Waals surface area contributed by atoms with Crippen LogP contribution >= 0.6 is 0 Å². The summed E-state index contributed by atoms with van der Waals surface area (Å²) in [6, 6.07) is 7.93. The van der Waals surface area contributed by atoms with Crippen LogP contribution in [0.3, 0.4) is 0 Å². The van der Waals surface area contributed by atoms with E-state index < -0.39 is 6.10 Å². The van der Waals surface area contributed by atoms with Gasteiger partial charge in [0.25, 0.3) is 0 Å². The second-order valence-electron chi connectivity index (χ2n) is 4.84. The SMILES string of the molecule is O=Cc1ccc(-c2cccc(F)c2N2CCC(O)C2)o1. The number of hydrogen-bond donors (Lipinski definition) is 1. The van der Waals surface area contributed by atoms with E-state index in [-0.39, 0.29) is 11.6 Å². The Balaban J connectivity index is 2.06. The van der Waals surface area contributed by atoms with Crippen molar-refractivity contribution in [1.29, 1.82) is 0 Å². The molecule has 5 heteroatoms. The van der Waals surface area contributed by atoms with Gasteiger partial charge in [-0.3, -0.25) is 4.79 Å². The molecule has 0 spiro atoms. The van der Waals surface area contributed by atoms with Gasteiger partial charge in [0.15, 0.2) is 12.0 Å². The van der Waals surface area contributed by atoms with Gasteiger partial charge < -0.3 is 14.4 Å². The molecule has 20 heavy (non-hydrogen) atoms. The number of nitrogens with zero attached hydrogens (tertiary/aromatic N) is 1. The Hall–Kier alpha value is -2.14. The molecule has 0 radical (unpaired) electrons. The molecule has 1 aromatic heterocycles. The Morgan fingerprint density at radius 1 is 1.35 bits per heavy atom. The second-order valence-corrected chi connectivity index (χ2v) is 4.84. The predicted octanol–water partition coefficient (Wildman–Crippen LogP) is 2.47. The summed E-state index contributed by atoms with van der Waals surface area (Å²) in [6.45, 7) is 0.992. The summed E-state index contributed by atoms with van der Waals surface area (Å²) in [7, 11) is 0. The van der Waals surface area contributed by atoms with Crippen LogP contribution in [0.5, 0.6) is 0 Å². The highest BCUT2D eigenvalue weighted by Crippen LogP contribution is 2.35. The van der Waals surface area contributed by atoms with Crippen LogP contribution < -0.4 is 4.90 Å². The van der Waals surface area contributed by atoms with Crippen molar-refractivity contribution in [1.82, 2.24) is 0 Å². The van der Waals surface area contributed by atoms with E-state index in [1.807, 2.05) is 0 Å². The van der Waals surface area contributed by atoms with Crippen molar-refractivity contribution in [2.75, 3.05) is 18.0 Å². The van der Waals surface area contributed by atoms with Gasteiger partial charge in [0.05, 0.1) is 11.8 Å². The van der Waals surface area contributed by atoms with E-state index in [1.54, 1.807) is 29.2 Å². The third kappa shape index (κ3) is 2.20. The minimum atomic E-state index is -0.440. The largest absolute Gasteiger partial charge is 0.453 e. The number of halogens is 1. The molecule has 1 unspecified atom stereocenters. The number of furan rings is 1. The first-order valence-corrected chi connectivity index (χ1v) is 6.46. The van der Waals surface area contributed by atoms with Gasteiger partial charge in [-0.1, -0.05) is 6.07 Å². The van der Waals surface area contributed by atoms with Crippen LogP contribution in [0.4, 0.5) is 10.1 Å². The van der Waals surface area contributed by atoms with E-state index in [4.69, 9.17) is 4.42 Å². The molecular weight excluding hydrogens is 261 g/mol. The van der Waals surface area contributed by atoms with Gasteiger partial charge in [-0.15, -0.1) is 0 Å². The minimum Gasteiger partial charge on any atom is -0.453 e. The Bertz CT molecular complexity index is 638. The van der Waals surface area contributed by atoms with Crippen LogP contribution in [0.2, 0.25) is 0 Å². The molecule has 2 aromatic rings. The third-order valence-electron chi connectivity index (χ3n) is 3.47. The number of aldehydes is 1. The van der Waals surface area contributed by atoms with Gasteiger partial charge in [0.2, 0.25) is 0 Å². The summed E-state index contributed by atoms with van der Waals surface area (Å²) in [5, 5.41) is 9.62. The van der Waals surface area contributed by atoms with E-state index in [0.717, 1.165) is 0 Å². The van der Waals surface area contributed by atoms with Crippen molar-refractivity contribution in [3.8, 4) is 11.3 Å². The van der Waals surface area contributed by atoms with E-state index >= 15 is 0 Å². The Labute approximate surface area is 115 Å². The summed E-state index contributed by atoms with van der Waals surface area (Å²) in [4.78, 5) is 12.5. The normalized spacial score (nSPS) is 18.5. The molecule has 1 N–H and O–H groups in total. The Morgan fingerprint density at radius 2 is 2.20 bits per heavy atom. The fraction of sp³-hybridized carbons (Fsp3) is 0.267. The van der Waals surface area contributed by atoms with Crippen molar-refractivity contribution in [3.63, 3.8) is 0 Å². The van der Waals surface area contributed by atoms with Gasteiger partial charge in [-0.05, 0) is 30.7 Å². The lowest BCUT2D eigenvalue weighted by atomic mass is 10.1. The minimum absolute atomic E-state index is 0.205. The number of hydrogen-bond acceptors (Lipinski definition) is 4. The molecule has 1 fully saturated rings. The fourth-order valence-corrected chi connectivity index (χ4v) is 2.54. The number of aliphatic hydroxyl groups excluding tert-OH is 1. The summed E-state index contributed by atoms with van der Waals surface area (Å²) in [6.07, 6.45) is 0.790. The average Bonchev–Trinajstić information content (AvgIpc) is 3.07. The molecule has 104 valence electrons. The first-order chi connectivity index (χ1) is 9.69. The van der Waals surface area contributed by atoms with Gasteiger partial charge in [-0.25, -0.2) is 4.39 Å². The lowest BCUT2D eigenvalue weighted by Gasteiger charge is -2.21. The van der Waals surface area contributed by atoms with Gasteiger partial charge in [0, 0.05) is 18.7 Å². The van der Waals surface area contributed by atoms with Gasteiger partial charge >= 0.3 is 0 Å². The fourth-order valence-electron chi connectivity index (χ4n) is 2.54. The molecule has 1 aliphatic rings.